The molecular formula is C26H24N2. The van der Waals surface area contributed by atoms with E-state index < -0.39 is 0 Å². The van der Waals surface area contributed by atoms with Crippen molar-refractivity contribution in [3.05, 3.63) is 83.3 Å². The summed E-state index contributed by atoms with van der Waals surface area (Å²) in [7, 11) is 0. The van der Waals surface area contributed by atoms with Crippen LogP contribution in [0.4, 0.5) is 0 Å². The van der Waals surface area contributed by atoms with Crippen molar-refractivity contribution < 1.29 is 0 Å². The molecule has 0 radical (unpaired) electrons. The molecule has 2 aromatic carbocycles. The zero-order valence-electron chi connectivity index (χ0n) is 16.5. The summed E-state index contributed by atoms with van der Waals surface area (Å²) in [5, 5.41) is 1.45. The summed E-state index contributed by atoms with van der Waals surface area (Å²) in [6, 6.07) is 17.9. The first kappa shape index (κ1) is 16.1. The average molecular weight is 364 g/mol. The van der Waals surface area contributed by atoms with E-state index in [1.54, 1.807) is 5.56 Å². The maximum Gasteiger partial charge on any atom is 0.0581 e. The molecular weight excluding hydrogens is 340 g/mol. The van der Waals surface area contributed by atoms with Gasteiger partial charge in [-0.15, -0.1) is 0 Å². The summed E-state index contributed by atoms with van der Waals surface area (Å²) in [6.45, 7) is 4.75. The van der Waals surface area contributed by atoms with Crippen LogP contribution in [0, 0.1) is 0 Å². The van der Waals surface area contributed by atoms with Crippen molar-refractivity contribution in [3.8, 4) is 16.8 Å². The van der Waals surface area contributed by atoms with Crippen LogP contribution in [0.15, 0.2) is 60.9 Å². The lowest BCUT2D eigenvalue weighted by molar-refractivity contribution is 0.656. The summed E-state index contributed by atoms with van der Waals surface area (Å²) in [6.07, 6.45) is 8.93. The van der Waals surface area contributed by atoms with E-state index >= 15 is 0 Å². The summed E-state index contributed by atoms with van der Waals surface area (Å²) in [5.74, 6) is 0. The smallest absolute Gasteiger partial charge is 0.0581 e. The van der Waals surface area contributed by atoms with E-state index in [0.29, 0.717) is 0 Å². The Bertz CT molecular complexity index is 1230. The predicted molar refractivity (Wildman–Crippen MR) is 115 cm³/mol. The first-order chi connectivity index (χ1) is 13.7. The third kappa shape index (κ3) is 1.95. The molecule has 0 N–H and O–H groups in total. The topological polar surface area (TPSA) is 17.8 Å². The molecule has 138 valence electrons. The van der Waals surface area contributed by atoms with Crippen LogP contribution in [0.1, 0.15) is 49.1 Å². The van der Waals surface area contributed by atoms with Gasteiger partial charge in [-0.2, -0.15) is 0 Å². The van der Waals surface area contributed by atoms with Gasteiger partial charge in [-0.25, -0.2) is 0 Å². The van der Waals surface area contributed by atoms with Crippen LogP contribution in [0.2, 0.25) is 0 Å². The fraction of sp³-hybridized carbons (Fsp3) is 0.269. The van der Waals surface area contributed by atoms with Gasteiger partial charge in [0.1, 0.15) is 0 Å². The van der Waals surface area contributed by atoms with Crippen LogP contribution < -0.4 is 0 Å². The number of aromatic nitrogens is 2. The molecule has 0 spiro atoms. The number of para-hydroxylation sites is 1. The number of benzene rings is 2. The van der Waals surface area contributed by atoms with Crippen LogP contribution in [-0.2, 0) is 18.3 Å². The molecule has 0 bridgehead atoms. The molecule has 2 aliphatic carbocycles. The number of pyridine rings is 1. The Morgan fingerprint density at radius 3 is 2.57 bits per heavy atom. The third-order valence-electron chi connectivity index (χ3n) is 6.86. The number of hydrogen-bond acceptors (Lipinski definition) is 1. The van der Waals surface area contributed by atoms with Gasteiger partial charge in [-0.3, -0.25) is 4.98 Å². The molecule has 2 heteroatoms. The summed E-state index contributed by atoms with van der Waals surface area (Å²) >= 11 is 0. The minimum Gasteiger partial charge on any atom is -0.313 e. The number of fused-ring (bicyclic) bond motifs is 7. The predicted octanol–water partition coefficient (Wildman–Crippen LogP) is 6.21. The molecule has 4 aromatic rings. The van der Waals surface area contributed by atoms with Crippen LogP contribution in [-0.4, -0.2) is 9.55 Å². The average Bonchev–Trinajstić information content (AvgIpc) is 3.19. The van der Waals surface area contributed by atoms with Crippen molar-refractivity contribution in [2.24, 2.45) is 0 Å². The summed E-state index contributed by atoms with van der Waals surface area (Å²) in [5.41, 5.74) is 11.3. The van der Waals surface area contributed by atoms with Crippen LogP contribution in [0.25, 0.3) is 27.7 Å². The van der Waals surface area contributed by atoms with Gasteiger partial charge < -0.3 is 4.57 Å². The van der Waals surface area contributed by atoms with Crippen molar-refractivity contribution >= 4 is 10.9 Å². The van der Waals surface area contributed by atoms with E-state index in [0.717, 1.165) is 0 Å². The molecule has 28 heavy (non-hydrogen) atoms. The lowest BCUT2D eigenvalue weighted by Gasteiger charge is -2.24. The molecule has 0 fully saturated rings. The Kier molecular flexibility index (Phi) is 3.21. The highest BCUT2D eigenvalue weighted by atomic mass is 15.0. The zero-order chi connectivity index (χ0) is 18.9. The first-order valence-corrected chi connectivity index (χ1v) is 10.4. The molecule has 0 amide bonds. The van der Waals surface area contributed by atoms with Crippen molar-refractivity contribution in [1.29, 1.82) is 0 Å². The first-order valence-electron chi connectivity index (χ1n) is 10.4. The number of hydrogen-bond donors (Lipinski definition) is 0. The molecule has 0 atom stereocenters. The zero-order valence-corrected chi connectivity index (χ0v) is 16.5. The lowest BCUT2D eigenvalue weighted by Crippen LogP contribution is -2.17. The molecule has 0 saturated heterocycles. The minimum absolute atomic E-state index is 0.0272. The Morgan fingerprint density at radius 2 is 1.71 bits per heavy atom. The normalized spacial score (nSPS) is 16.6. The minimum atomic E-state index is -0.0272. The molecule has 6 rings (SSSR count). The van der Waals surface area contributed by atoms with Gasteiger partial charge in [0, 0.05) is 40.1 Å². The van der Waals surface area contributed by atoms with Crippen molar-refractivity contribution in [2.45, 2.75) is 44.9 Å². The highest BCUT2D eigenvalue weighted by molar-refractivity contribution is 5.99. The second-order valence-electron chi connectivity index (χ2n) is 8.73. The van der Waals surface area contributed by atoms with E-state index in [-0.39, 0.29) is 5.41 Å². The molecule has 0 aliphatic heterocycles. The van der Waals surface area contributed by atoms with E-state index in [1.807, 2.05) is 12.4 Å². The van der Waals surface area contributed by atoms with E-state index in [2.05, 4.69) is 71.9 Å². The Hall–Kier alpha value is -2.87. The molecule has 0 unspecified atom stereocenters. The molecule has 0 saturated carbocycles. The number of aryl methyl sites for hydroxylation is 1. The number of rotatable bonds is 1. The van der Waals surface area contributed by atoms with Gasteiger partial charge in [0.15, 0.2) is 0 Å². The monoisotopic (exact) mass is 364 g/mol. The van der Waals surface area contributed by atoms with E-state index in [4.69, 9.17) is 0 Å². The van der Waals surface area contributed by atoms with Gasteiger partial charge in [0.05, 0.1) is 5.52 Å². The summed E-state index contributed by atoms with van der Waals surface area (Å²) < 4.78 is 2.57. The molecule has 2 aromatic heterocycles. The van der Waals surface area contributed by atoms with Gasteiger partial charge in [0.2, 0.25) is 0 Å². The van der Waals surface area contributed by atoms with Crippen molar-refractivity contribution in [1.82, 2.24) is 9.55 Å². The third-order valence-corrected chi connectivity index (χ3v) is 6.86. The van der Waals surface area contributed by atoms with Gasteiger partial charge in [-0.05, 0) is 66.1 Å². The van der Waals surface area contributed by atoms with Gasteiger partial charge in [-0.1, -0.05) is 44.2 Å². The van der Waals surface area contributed by atoms with E-state index in [9.17, 15) is 0 Å². The van der Waals surface area contributed by atoms with Gasteiger partial charge >= 0.3 is 0 Å². The van der Waals surface area contributed by atoms with Crippen LogP contribution in [0.5, 0.6) is 0 Å². The fourth-order valence-electron chi connectivity index (χ4n) is 5.64. The van der Waals surface area contributed by atoms with Crippen molar-refractivity contribution in [3.63, 3.8) is 0 Å². The van der Waals surface area contributed by atoms with Crippen LogP contribution >= 0.6 is 0 Å². The molecule has 2 aliphatic rings. The lowest BCUT2D eigenvalue weighted by atomic mass is 9.81. The largest absolute Gasteiger partial charge is 0.313 e. The highest BCUT2D eigenvalue weighted by Crippen LogP contribution is 2.52. The Morgan fingerprint density at radius 1 is 0.893 bits per heavy atom. The standard InChI is InChI=1S/C26H24N2/c1-26(2)22-14-15-27-16-21(22)19-12-13-20-18-10-6-7-11-23(18)28(25(20)24(19)26)17-8-4-3-5-9-17/h3-5,8-9,12-16H,6-7,10-11H2,1-2H3. The quantitative estimate of drug-likeness (QED) is 0.392. The second-order valence-corrected chi connectivity index (χ2v) is 8.73. The maximum absolute atomic E-state index is 4.44. The van der Waals surface area contributed by atoms with Gasteiger partial charge in [0.25, 0.3) is 0 Å². The number of nitrogens with zero attached hydrogens (tertiary/aromatic N) is 2. The Balaban J connectivity index is 1.80. The SMILES string of the molecule is CC1(C)c2ccncc2-c2ccc3c4c(n(-c5ccccc5)c3c21)CCCC4. The highest BCUT2D eigenvalue weighted by Gasteiger charge is 2.39. The van der Waals surface area contributed by atoms with Crippen LogP contribution in [0.3, 0.4) is 0 Å². The molecule has 2 heterocycles. The maximum atomic E-state index is 4.44. The molecule has 2 nitrogen and oxygen atoms in total. The Labute approximate surface area is 165 Å². The van der Waals surface area contributed by atoms with Crippen molar-refractivity contribution in [2.75, 3.05) is 0 Å². The second kappa shape index (κ2) is 5.57. The fourth-order valence-corrected chi connectivity index (χ4v) is 5.64. The summed E-state index contributed by atoms with van der Waals surface area (Å²) in [4.78, 5) is 4.44. The van der Waals surface area contributed by atoms with E-state index in [1.165, 1.54) is 70.2 Å².